The average Bonchev–Trinajstić information content (AvgIpc) is 2.55. The number of esters is 1. The molecule has 0 bridgehead atoms. The van der Waals surface area contributed by atoms with Crippen LogP contribution in [0.15, 0.2) is 24.3 Å². The Bertz CT molecular complexity index is 489. The van der Waals surface area contributed by atoms with Crippen molar-refractivity contribution >= 4 is 5.97 Å². The van der Waals surface area contributed by atoms with E-state index >= 15 is 0 Å². The van der Waals surface area contributed by atoms with E-state index in [1.807, 2.05) is 31.2 Å². The topological polar surface area (TPSA) is 29.5 Å². The lowest BCUT2D eigenvalue weighted by atomic mass is 9.94. The minimum Gasteiger partial charge on any atom is -0.458 e. The summed E-state index contributed by atoms with van der Waals surface area (Å²) >= 11 is 0. The third-order valence-electron chi connectivity index (χ3n) is 4.86. The fourth-order valence-corrected chi connectivity index (χ4v) is 3.37. The van der Waals surface area contributed by atoms with Gasteiger partial charge in [0.25, 0.3) is 0 Å². The van der Waals surface area contributed by atoms with E-state index in [-0.39, 0.29) is 12.1 Å². The molecule has 2 rings (SSSR count). The number of nitrogens with zero attached hydrogens (tertiary/aromatic N) is 1. The smallest absolute Gasteiger partial charge is 0.338 e. The van der Waals surface area contributed by atoms with E-state index in [0.717, 1.165) is 6.54 Å². The summed E-state index contributed by atoms with van der Waals surface area (Å²) in [7, 11) is 2.15. The second kappa shape index (κ2) is 8.49. The Morgan fingerprint density at radius 1 is 1.13 bits per heavy atom. The van der Waals surface area contributed by atoms with Crippen molar-refractivity contribution in [3.63, 3.8) is 0 Å². The van der Waals surface area contributed by atoms with Crippen LogP contribution in [0.3, 0.4) is 0 Å². The molecule has 1 atom stereocenters. The molecule has 3 nitrogen and oxygen atoms in total. The summed E-state index contributed by atoms with van der Waals surface area (Å²) in [5, 5.41) is 0. The summed E-state index contributed by atoms with van der Waals surface area (Å²) < 4.78 is 5.62. The van der Waals surface area contributed by atoms with Crippen molar-refractivity contribution in [2.45, 2.75) is 70.9 Å². The number of benzene rings is 1. The zero-order valence-corrected chi connectivity index (χ0v) is 15.0. The van der Waals surface area contributed by atoms with E-state index in [0.29, 0.717) is 17.5 Å². The van der Waals surface area contributed by atoms with Crippen LogP contribution in [0.5, 0.6) is 0 Å². The van der Waals surface area contributed by atoms with Crippen LogP contribution in [0.1, 0.15) is 74.7 Å². The van der Waals surface area contributed by atoms with Gasteiger partial charge in [0.05, 0.1) is 5.56 Å². The van der Waals surface area contributed by atoms with Crippen LogP contribution in [0.2, 0.25) is 0 Å². The summed E-state index contributed by atoms with van der Waals surface area (Å²) in [5.41, 5.74) is 1.88. The fraction of sp³-hybridized carbons (Fsp3) is 0.650. The highest BCUT2D eigenvalue weighted by molar-refractivity contribution is 5.89. The second-order valence-electron chi connectivity index (χ2n) is 7.22. The van der Waals surface area contributed by atoms with Crippen LogP contribution in [0.4, 0.5) is 0 Å². The van der Waals surface area contributed by atoms with Gasteiger partial charge in [0.15, 0.2) is 0 Å². The first-order valence-electron chi connectivity index (χ1n) is 8.98. The molecule has 0 aromatic heterocycles. The lowest BCUT2D eigenvalue weighted by Gasteiger charge is -2.32. The second-order valence-corrected chi connectivity index (χ2v) is 7.22. The van der Waals surface area contributed by atoms with E-state index in [1.165, 1.54) is 37.7 Å². The van der Waals surface area contributed by atoms with Crippen molar-refractivity contribution in [3.8, 4) is 0 Å². The van der Waals surface area contributed by atoms with Gasteiger partial charge in [-0.2, -0.15) is 0 Å². The lowest BCUT2D eigenvalue weighted by Crippen LogP contribution is -2.39. The Kier molecular flexibility index (Phi) is 6.64. The van der Waals surface area contributed by atoms with Crippen LogP contribution >= 0.6 is 0 Å². The molecule has 1 saturated carbocycles. The Hall–Kier alpha value is -1.35. The molecule has 1 aromatic rings. The standard InChI is InChI=1S/C20H31NO2/c1-15(2)17-10-12-18(13-11-17)20(22)23-16(3)14-21(4)19-8-6-5-7-9-19/h10-13,15-16,19H,5-9,14H2,1-4H3. The van der Waals surface area contributed by atoms with Gasteiger partial charge >= 0.3 is 5.97 Å². The quantitative estimate of drug-likeness (QED) is 0.717. The minimum absolute atomic E-state index is 0.0841. The Morgan fingerprint density at radius 2 is 1.74 bits per heavy atom. The molecule has 128 valence electrons. The molecule has 0 spiro atoms. The highest BCUT2D eigenvalue weighted by Gasteiger charge is 2.21. The molecule has 0 N–H and O–H groups in total. The zero-order chi connectivity index (χ0) is 16.8. The molecular formula is C20H31NO2. The van der Waals surface area contributed by atoms with Crippen molar-refractivity contribution in [1.82, 2.24) is 4.90 Å². The lowest BCUT2D eigenvalue weighted by molar-refractivity contribution is 0.0221. The molecule has 1 aliphatic rings. The van der Waals surface area contributed by atoms with Gasteiger partial charge in [0.2, 0.25) is 0 Å². The number of ether oxygens (including phenoxy) is 1. The maximum absolute atomic E-state index is 12.3. The predicted molar refractivity (Wildman–Crippen MR) is 94.9 cm³/mol. The van der Waals surface area contributed by atoms with Gasteiger partial charge in [0.1, 0.15) is 6.10 Å². The Morgan fingerprint density at radius 3 is 2.30 bits per heavy atom. The number of hydrogen-bond acceptors (Lipinski definition) is 3. The van der Waals surface area contributed by atoms with Gasteiger partial charge in [-0.3, -0.25) is 4.90 Å². The third kappa shape index (κ3) is 5.35. The average molecular weight is 317 g/mol. The van der Waals surface area contributed by atoms with Crippen LogP contribution in [-0.2, 0) is 4.74 Å². The van der Waals surface area contributed by atoms with Gasteiger partial charge in [0, 0.05) is 12.6 Å². The first-order valence-corrected chi connectivity index (χ1v) is 8.98. The molecular weight excluding hydrogens is 286 g/mol. The Labute approximate surface area is 141 Å². The third-order valence-corrected chi connectivity index (χ3v) is 4.86. The molecule has 0 radical (unpaired) electrons. The van der Waals surface area contributed by atoms with Gasteiger partial charge < -0.3 is 4.74 Å². The van der Waals surface area contributed by atoms with Crippen molar-refractivity contribution in [2.75, 3.05) is 13.6 Å². The highest BCUT2D eigenvalue weighted by Crippen LogP contribution is 2.22. The predicted octanol–water partition coefficient (Wildman–Crippen LogP) is 4.62. The molecule has 1 aromatic carbocycles. The molecule has 3 heteroatoms. The monoisotopic (exact) mass is 317 g/mol. The molecule has 1 unspecified atom stereocenters. The van der Waals surface area contributed by atoms with Crippen molar-refractivity contribution < 1.29 is 9.53 Å². The summed E-state index contributed by atoms with van der Waals surface area (Å²) in [6.07, 6.45) is 6.47. The van der Waals surface area contributed by atoms with Crippen molar-refractivity contribution in [3.05, 3.63) is 35.4 Å². The van der Waals surface area contributed by atoms with E-state index in [1.54, 1.807) is 0 Å². The van der Waals surface area contributed by atoms with Crippen molar-refractivity contribution in [2.24, 2.45) is 0 Å². The minimum atomic E-state index is -0.218. The summed E-state index contributed by atoms with van der Waals surface area (Å²) in [6, 6.07) is 8.42. The van der Waals surface area contributed by atoms with Crippen LogP contribution < -0.4 is 0 Å². The van der Waals surface area contributed by atoms with Crippen LogP contribution in [0, 0.1) is 0 Å². The van der Waals surface area contributed by atoms with Gasteiger partial charge in [-0.05, 0) is 50.4 Å². The first kappa shape index (κ1) is 18.0. The zero-order valence-electron chi connectivity index (χ0n) is 15.0. The first-order chi connectivity index (χ1) is 11.0. The fourth-order valence-electron chi connectivity index (χ4n) is 3.37. The van der Waals surface area contributed by atoms with E-state index in [9.17, 15) is 4.79 Å². The number of likely N-dealkylation sites (N-methyl/N-ethyl adjacent to an activating group) is 1. The molecule has 0 saturated heterocycles. The van der Waals surface area contributed by atoms with E-state index in [4.69, 9.17) is 4.74 Å². The van der Waals surface area contributed by atoms with Crippen LogP contribution in [0.25, 0.3) is 0 Å². The number of rotatable bonds is 6. The maximum Gasteiger partial charge on any atom is 0.338 e. The summed E-state index contributed by atoms with van der Waals surface area (Å²) in [4.78, 5) is 14.6. The molecule has 0 aliphatic heterocycles. The molecule has 1 fully saturated rings. The number of carbonyl (C=O) groups is 1. The van der Waals surface area contributed by atoms with E-state index < -0.39 is 0 Å². The van der Waals surface area contributed by atoms with Crippen molar-refractivity contribution in [1.29, 1.82) is 0 Å². The SMILES string of the molecule is CC(CN(C)C1CCCCC1)OC(=O)c1ccc(C(C)C)cc1. The molecule has 1 aliphatic carbocycles. The van der Waals surface area contributed by atoms with E-state index in [2.05, 4.69) is 25.8 Å². The molecule has 0 amide bonds. The molecule has 23 heavy (non-hydrogen) atoms. The Balaban J connectivity index is 1.83. The summed E-state index contributed by atoms with van der Waals surface area (Å²) in [6.45, 7) is 7.09. The van der Waals surface area contributed by atoms with Crippen LogP contribution in [-0.4, -0.2) is 36.6 Å². The van der Waals surface area contributed by atoms with Gasteiger partial charge in [-0.15, -0.1) is 0 Å². The van der Waals surface area contributed by atoms with Gasteiger partial charge in [-0.1, -0.05) is 45.2 Å². The number of carbonyl (C=O) groups excluding carboxylic acids is 1. The molecule has 0 heterocycles. The highest BCUT2D eigenvalue weighted by atomic mass is 16.5. The maximum atomic E-state index is 12.3. The largest absolute Gasteiger partial charge is 0.458 e. The normalized spacial score (nSPS) is 17.5. The summed E-state index contributed by atoms with van der Waals surface area (Å²) in [5.74, 6) is 0.257. The van der Waals surface area contributed by atoms with Gasteiger partial charge in [-0.25, -0.2) is 4.79 Å². The number of hydrogen-bond donors (Lipinski definition) is 0.